The highest BCUT2D eigenvalue weighted by Gasteiger charge is 2.29. The third-order valence-electron chi connectivity index (χ3n) is 2.71. The predicted octanol–water partition coefficient (Wildman–Crippen LogP) is 2.06. The van der Waals surface area contributed by atoms with Gasteiger partial charge >= 0.3 is 5.97 Å². The summed E-state index contributed by atoms with van der Waals surface area (Å²) in [6.07, 6.45) is 2.44. The zero-order chi connectivity index (χ0) is 11.0. The Hall–Kier alpha value is -1.58. The van der Waals surface area contributed by atoms with Crippen LogP contribution in [-0.2, 0) is 12.8 Å². The average Bonchev–Trinajstić information content (AvgIpc) is 2.57. The summed E-state index contributed by atoms with van der Waals surface area (Å²) in [6, 6.07) is 0. The Balaban J connectivity index is 2.62. The fourth-order valence-electron chi connectivity index (χ4n) is 2.06. The van der Waals surface area contributed by atoms with E-state index in [-0.39, 0.29) is 11.5 Å². The second-order valence-corrected chi connectivity index (χ2v) is 3.64. The molecule has 1 aliphatic carbocycles. The van der Waals surface area contributed by atoms with Crippen molar-refractivity contribution >= 4 is 11.8 Å². The average molecular weight is 208 g/mol. The minimum atomic E-state index is -1.09. The van der Waals surface area contributed by atoms with Crippen molar-refractivity contribution in [2.24, 2.45) is 0 Å². The van der Waals surface area contributed by atoms with E-state index in [1.54, 1.807) is 0 Å². The van der Waals surface area contributed by atoms with Crippen LogP contribution < -0.4 is 0 Å². The van der Waals surface area contributed by atoms with Crippen LogP contribution >= 0.6 is 0 Å². The predicted molar refractivity (Wildman–Crippen MR) is 52.3 cm³/mol. The minimum absolute atomic E-state index is 0.0179. The van der Waals surface area contributed by atoms with Crippen molar-refractivity contribution < 1.29 is 19.1 Å². The normalized spacial score (nSPS) is 15.1. The van der Waals surface area contributed by atoms with Crippen molar-refractivity contribution in [2.45, 2.75) is 32.6 Å². The van der Waals surface area contributed by atoms with Crippen LogP contribution in [-0.4, -0.2) is 16.9 Å². The van der Waals surface area contributed by atoms with Crippen LogP contribution in [0.25, 0.3) is 0 Å². The molecular weight excluding hydrogens is 196 g/mol. The molecule has 0 amide bonds. The fourth-order valence-corrected chi connectivity index (χ4v) is 2.06. The monoisotopic (exact) mass is 208 g/mol. The molecule has 0 bridgehead atoms. The number of fused-ring (bicyclic) bond motifs is 1. The largest absolute Gasteiger partial charge is 0.475 e. The first-order chi connectivity index (χ1) is 7.15. The van der Waals surface area contributed by atoms with Gasteiger partial charge in [0.1, 0.15) is 5.76 Å². The molecule has 15 heavy (non-hydrogen) atoms. The summed E-state index contributed by atoms with van der Waals surface area (Å²) < 4.78 is 5.24. The Bertz CT molecular complexity index is 428. The highest BCUT2D eigenvalue weighted by Crippen LogP contribution is 2.30. The lowest BCUT2D eigenvalue weighted by Crippen LogP contribution is -2.10. The molecule has 1 aliphatic rings. The number of hydrogen-bond acceptors (Lipinski definition) is 3. The van der Waals surface area contributed by atoms with Crippen LogP contribution in [0.4, 0.5) is 0 Å². The smallest absolute Gasteiger partial charge is 0.372 e. The van der Waals surface area contributed by atoms with Gasteiger partial charge in [0, 0.05) is 18.4 Å². The number of carbonyl (C=O) groups is 2. The number of aromatic carboxylic acids is 1. The van der Waals surface area contributed by atoms with Gasteiger partial charge in [-0.25, -0.2) is 4.79 Å². The van der Waals surface area contributed by atoms with Crippen molar-refractivity contribution in [3.8, 4) is 0 Å². The van der Waals surface area contributed by atoms with Crippen molar-refractivity contribution in [2.75, 3.05) is 0 Å². The van der Waals surface area contributed by atoms with Gasteiger partial charge in [-0.05, 0) is 12.8 Å². The molecule has 1 N–H and O–H groups in total. The SMILES string of the molecule is CCc1c(C(=O)O)oc2c1C(=O)CCC2. The highest BCUT2D eigenvalue weighted by atomic mass is 16.4. The van der Waals surface area contributed by atoms with Crippen molar-refractivity contribution in [1.82, 2.24) is 0 Å². The molecular formula is C11H12O4. The first kappa shape index (κ1) is 9.96. The zero-order valence-electron chi connectivity index (χ0n) is 8.50. The van der Waals surface area contributed by atoms with E-state index >= 15 is 0 Å². The van der Waals surface area contributed by atoms with E-state index in [1.165, 1.54) is 0 Å². The topological polar surface area (TPSA) is 67.5 Å². The van der Waals surface area contributed by atoms with Crippen molar-refractivity contribution in [3.63, 3.8) is 0 Å². The molecule has 4 nitrogen and oxygen atoms in total. The van der Waals surface area contributed by atoms with E-state index in [0.29, 0.717) is 36.1 Å². The first-order valence-electron chi connectivity index (χ1n) is 5.06. The lowest BCUT2D eigenvalue weighted by molar-refractivity contribution is 0.0658. The molecule has 0 fully saturated rings. The van der Waals surface area contributed by atoms with Gasteiger partial charge in [-0.15, -0.1) is 0 Å². The van der Waals surface area contributed by atoms with E-state index in [1.807, 2.05) is 6.92 Å². The van der Waals surface area contributed by atoms with Crippen LogP contribution in [0.1, 0.15) is 52.0 Å². The Morgan fingerprint density at radius 1 is 1.47 bits per heavy atom. The second-order valence-electron chi connectivity index (χ2n) is 3.64. The third-order valence-corrected chi connectivity index (χ3v) is 2.71. The Kier molecular flexibility index (Phi) is 2.34. The Labute approximate surface area is 86.9 Å². The molecule has 80 valence electrons. The Morgan fingerprint density at radius 2 is 2.20 bits per heavy atom. The van der Waals surface area contributed by atoms with Gasteiger partial charge in [-0.3, -0.25) is 4.79 Å². The van der Waals surface area contributed by atoms with Gasteiger partial charge in [0.2, 0.25) is 5.76 Å². The number of carboxylic acid groups (broad SMARTS) is 1. The number of carbonyl (C=O) groups excluding carboxylic acids is 1. The van der Waals surface area contributed by atoms with Gasteiger partial charge in [-0.1, -0.05) is 6.92 Å². The van der Waals surface area contributed by atoms with Gasteiger partial charge < -0.3 is 9.52 Å². The number of aryl methyl sites for hydroxylation is 1. The number of ketones is 1. The first-order valence-corrected chi connectivity index (χ1v) is 5.06. The van der Waals surface area contributed by atoms with Crippen LogP contribution in [0.15, 0.2) is 4.42 Å². The summed E-state index contributed by atoms with van der Waals surface area (Å²) in [6.45, 7) is 1.83. The molecule has 0 atom stereocenters. The van der Waals surface area contributed by atoms with E-state index in [4.69, 9.17) is 9.52 Å². The summed E-state index contributed by atoms with van der Waals surface area (Å²) in [5, 5.41) is 8.93. The quantitative estimate of drug-likeness (QED) is 0.807. The number of carboxylic acids is 1. The lowest BCUT2D eigenvalue weighted by atomic mass is 9.92. The van der Waals surface area contributed by atoms with Gasteiger partial charge in [0.15, 0.2) is 5.78 Å². The molecule has 0 saturated carbocycles. The number of Topliss-reactive ketones (excluding diaryl/α,β-unsaturated/α-hetero) is 1. The summed E-state index contributed by atoms with van der Waals surface area (Å²) in [5.74, 6) is -0.573. The molecule has 0 aromatic carbocycles. The minimum Gasteiger partial charge on any atom is -0.475 e. The molecule has 0 saturated heterocycles. The van der Waals surface area contributed by atoms with E-state index in [2.05, 4.69) is 0 Å². The maximum atomic E-state index is 11.6. The van der Waals surface area contributed by atoms with Gasteiger partial charge in [0.05, 0.1) is 5.56 Å². The third kappa shape index (κ3) is 1.46. The lowest BCUT2D eigenvalue weighted by Gasteiger charge is -2.08. The summed E-state index contributed by atoms with van der Waals surface area (Å²) in [7, 11) is 0. The molecule has 1 heterocycles. The van der Waals surface area contributed by atoms with Crippen molar-refractivity contribution in [1.29, 1.82) is 0 Å². The summed E-state index contributed by atoms with van der Waals surface area (Å²) in [5.41, 5.74) is 1.09. The number of rotatable bonds is 2. The van der Waals surface area contributed by atoms with Crippen molar-refractivity contribution in [3.05, 3.63) is 22.6 Å². The molecule has 0 radical (unpaired) electrons. The van der Waals surface area contributed by atoms with Crippen LogP contribution in [0, 0.1) is 0 Å². The molecule has 1 aromatic heterocycles. The highest BCUT2D eigenvalue weighted by molar-refractivity contribution is 6.02. The van der Waals surface area contributed by atoms with Gasteiger partial charge in [-0.2, -0.15) is 0 Å². The molecule has 1 aromatic rings. The standard InChI is InChI=1S/C11H12O4/c1-2-6-9-7(12)4-3-5-8(9)15-10(6)11(13)14/h2-5H2,1H3,(H,13,14). The summed E-state index contributed by atoms with van der Waals surface area (Å²) >= 11 is 0. The van der Waals surface area contributed by atoms with E-state index in [9.17, 15) is 9.59 Å². The zero-order valence-corrected chi connectivity index (χ0v) is 8.50. The maximum Gasteiger partial charge on any atom is 0.372 e. The van der Waals surface area contributed by atoms with E-state index in [0.717, 1.165) is 6.42 Å². The van der Waals surface area contributed by atoms with Gasteiger partial charge in [0.25, 0.3) is 0 Å². The van der Waals surface area contributed by atoms with E-state index < -0.39 is 5.97 Å². The van der Waals surface area contributed by atoms with Crippen LogP contribution in [0.2, 0.25) is 0 Å². The second kappa shape index (κ2) is 3.53. The summed E-state index contributed by atoms with van der Waals surface area (Å²) in [4.78, 5) is 22.5. The molecule has 0 spiro atoms. The molecule has 2 rings (SSSR count). The maximum absolute atomic E-state index is 11.6. The number of hydrogen-bond donors (Lipinski definition) is 1. The number of furan rings is 1. The molecule has 0 unspecified atom stereocenters. The molecule has 0 aliphatic heterocycles. The van der Waals surface area contributed by atoms with Crippen LogP contribution in [0.5, 0.6) is 0 Å². The Morgan fingerprint density at radius 3 is 2.80 bits per heavy atom. The molecule has 4 heteroatoms. The fraction of sp³-hybridized carbons (Fsp3) is 0.455. The van der Waals surface area contributed by atoms with Crippen LogP contribution in [0.3, 0.4) is 0 Å².